The fourth-order valence-electron chi connectivity index (χ4n) is 4.35. The molecule has 0 saturated carbocycles. The maximum atomic E-state index is 13.8. The molecule has 2 aliphatic rings. The maximum absolute atomic E-state index is 13.8. The Kier molecular flexibility index (Phi) is 7.28. The quantitative estimate of drug-likeness (QED) is 0.452. The molecule has 0 atom stereocenters. The summed E-state index contributed by atoms with van der Waals surface area (Å²) in [5, 5.41) is 4.86. The predicted octanol–water partition coefficient (Wildman–Crippen LogP) is 3.96. The smallest absolute Gasteiger partial charge is 0.417 e. The van der Waals surface area contributed by atoms with E-state index in [1.165, 1.54) is 35.4 Å². The lowest BCUT2D eigenvalue weighted by molar-refractivity contribution is -0.141. The van der Waals surface area contributed by atoms with Gasteiger partial charge in [0.15, 0.2) is 5.69 Å². The molecular formula is C25H23F4N7O4. The topological polar surface area (TPSA) is 124 Å². The molecule has 2 aliphatic heterocycles. The van der Waals surface area contributed by atoms with Crippen LogP contribution in [0.1, 0.15) is 29.1 Å². The molecule has 0 spiro atoms. The molecule has 2 saturated heterocycles. The molecule has 0 radical (unpaired) electrons. The number of benzene rings is 1. The summed E-state index contributed by atoms with van der Waals surface area (Å²) in [5.74, 6) is -2.70. The molecule has 210 valence electrons. The minimum absolute atomic E-state index is 0.0858. The number of nitrogens with zero attached hydrogens (tertiary/aromatic N) is 5. The van der Waals surface area contributed by atoms with Gasteiger partial charge in [-0.25, -0.2) is 14.2 Å². The number of nitrogens with one attached hydrogen (secondary N) is 2. The summed E-state index contributed by atoms with van der Waals surface area (Å²) >= 11 is 0. The minimum atomic E-state index is -4.98. The number of piperazine rings is 1. The van der Waals surface area contributed by atoms with Crippen LogP contribution in [0.15, 0.2) is 47.0 Å². The summed E-state index contributed by atoms with van der Waals surface area (Å²) in [6.45, 7) is 1.68. The second-order valence-corrected chi connectivity index (χ2v) is 9.06. The van der Waals surface area contributed by atoms with Gasteiger partial charge in [-0.05, 0) is 30.7 Å². The van der Waals surface area contributed by atoms with Gasteiger partial charge in [-0.3, -0.25) is 14.5 Å². The Balaban J connectivity index is 1.20. The van der Waals surface area contributed by atoms with Gasteiger partial charge in [0.05, 0.1) is 17.6 Å². The molecule has 0 bridgehead atoms. The first kappa shape index (κ1) is 26.9. The zero-order valence-electron chi connectivity index (χ0n) is 20.9. The Labute approximate surface area is 224 Å². The minimum Gasteiger partial charge on any atom is -0.417 e. The molecule has 2 fully saturated rings. The number of hydrogen-bond donors (Lipinski definition) is 2. The highest BCUT2D eigenvalue weighted by molar-refractivity contribution is 6.03. The van der Waals surface area contributed by atoms with Gasteiger partial charge in [0.25, 0.3) is 5.91 Å². The zero-order valence-corrected chi connectivity index (χ0v) is 20.9. The van der Waals surface area contributed by atoms with Crippen molar-refractivity contribution in [1.82, 2.24) is 14.9 Å². The summed E-state index contributed by atoms with van der Waals surface area (Å²) < 4.78 is 59.5. The van der Waals surface area contributed by atoms with Crippen LogP contribution in [0.3, 0.4) is 0 Å². The molecule has 11 nitrogen and oxygen atoms in total. The van der Waals surface area contributed by atoms with Crippen LogP contribution >= 0.6 is 0 Å². The molecular weight excluding hydrogens is 538 g/mol. The lowest BCUT2D eigenvalue weighted by atomic mass is 10.3. The Morgan fingerprint density at radius 3 is 2.35 bits per heavy atom. The molecule has 2 aromatic heterocycles. The lowest BCUT2D eigenvalue weighted by Crippen LogP contribution is -2.50. The van der Waals surface area contributed by atoms with Crippen molar-refractivity contribution >= 4 is 41.1 Å². The van der Waals surface area contributed by atoms with E-state index in [-0.39, 0.29) is 24.3 Å². The first-order valence-corrected chi connectivity index (χ1v) is 12.3. The zero-order chi connectivity index (χ0) is 28.4. The van der Waals surface area contributed by atoms with E-state index >= 15 is 0 Å². The van der Waals surface area contributed by atoms with Crippen LogP contribution in [0.25, 0.3) is 0 Å². The Morgan fingerprint density at radius 2 is 1.73 bits per heavy atom. The van der Waals surface area contributed by atoms with Crippen LogP contribution in [-0.2, 0) is 11.0 Å². The van der Waals surface area contributed by atoms with Gasteiger partial charge < -0.3 is 24.9 Å². The summed E-state index contributed by atoms with van der Waals surface area (Å²) in [6, 6.07) is 7.89. The van der Waals surface area contributed by atoms with Crippen LogP contribution < -0.4 is 20.4 Å². The van der Waals surface area contributed by atoms with Crippen LogP contribution in [0.2, 0.25) is 0 Å². The number of oxazole rings is 1. The van der Waals surface area contributed by atoms with E-state index in [2.05, 4.69) is 20.6 Å². The largest absolute Gasteiger partial charge is 0.437 e. The molecule has 0 unspecified atom stereocenters. The van der Waals surface area contributed by atoms with Crippen molar-refractivity contribution < 1.29 is 36.4 Å². The van der Waals surface area contributed by atoms with E-state index in [1.807, 2.05) is 4.90 Å². The fraction of sp³-hybridized carbons (Fsp3) is 0.320. The summed E-state index contributed by atoms with van der Waals surface area (Å²) in [6.07, 6.45) is -3.11. The predicted molar refractivity (Wildman–Crippen MR) is 134 cm³/mol. The first-order valence-electron chi connectivity index (χ1n) is 12.3. The Morgan fingerprint density at radius 1 is 0.975 bits per heavy atom. The van der Waals surface area contributed by atoms with E-state index in [4.69, 9.17) is 4.42 Å². The van der Waals surface area contributed by atoms with Crippen molar-refractivity contribution in [2.24, 2.45) is 0 Å². The average Bonchev–Trinajstić information content (AvgIpc) is 3.57. The fourth-order valence-corrected chi connectivity index (χ4v) is 4.35. The highest BCUT2D eigenvalue weighted by Crippen LogP contribution is 2.35. The van der Waals surface area contributed by atoms with E-state index in [1.54, 1.807) is 12.1 Å². The number of carbonyl (C=O) groups excluding carboxylic acids is 3. The summed E-state index contributed by atoms with van der Waals surface area (Å²) in [5.41, 5.74) is -1.33. The van der Waals surface area contributed by atoms with Crippen molar-refractivity contribution in [1.29, 1.82) is 0 Å². The Hall–Kier alpha value is -4.69. The second-order valence-electron chi connectivity index (χ2n) is 9.06. The molecule has 4 heterocycles. The van der Waals surface area contributed by atoms with Gasteiger partial charge in [-0.15, -0.1) is 0 Å². The van der Waals surface area contributed by atoms with Crippen LogP contribution in [-0.4, -0.2) is 65.4 Å². The van der Waals surface area contributed by atoms with Crippen LogP contribution in [0.5, 0.6) is 0 Å². The standard InChI is InChI=1S/C25H23F4N7O4/c26-16-4-1-2-5-17(16)32-23(39)35-12-10-34(11-13-35)18-8-7-15(14-30-18)31-22(38)20-21(25(27,28)29)33-24(40-20)36-9-3-6-19(36)37/h1-2,4-5,7-8,14H,3,6,9-13H2,(H,31,38)(H,32,39). The van der Waals surface area contributed by atoms with Crippen molar-refractivity contribution in [2.45, 2.75) is 19.0 Å². The molecule has 1 aromatic carbocycles. The number of para-hydroxylation sites is 1. The van der Waals surface area contributed by atoms with Gasteiger partial charge in [0.1, 0.15) is 11.6 Å². The SMILES string of the molecule is O=C(Nc1ccc(N2CCN(C(=O)Nc3ccccc3F)CC2)nc1)c1oc(N2CCCC2=O)nc1C(F)(F)F. The number of urea groups is 1. The van der Waals surface area contributed by atoms with Crippen molar-refractivity contribution in [3.63, 3.8) is 0 Å². The third-order valence-corrected chi connectivity index (χ3v) is 6.41. The monoisotopic (exact) mass is 561 g/mol. The Bertz CT molecular complexity index is 1420. The first-order chi connectivity index (χ1) is 19.1. The number of amides is 4. The molecule has 3 aromatic rings. The molecule has 2 N–H and O–H groups in total. The van der Waals surface area contributed by atoms with Crippen molar-refractivity contribution in [3.8, 4) is 0 Å². The molecule has 4 amide bonds. The number of alkyl halides is 3. The second kappa shape index (κ2) is 10.8. The van der Waals surface area contributed by atoms with Gasteiger partial charge in [-0.1, -0.05) is 12.1 Å². The van der Waals surface area contributed by atoms with Crippen LogP contribution in [0.4, 0.5) is 45.6 Å². The number of aromatic nitrogens is 2. The number of halogens is 4. The van der Waals surface area contributed by atoms with E-state index in [9.17, 15) is 31.9 Å². The van der Waals surface area contributed by atoms with Crippen LogP contribution in [0, 0.1) is 5.82 Å². The normalized spacial score (nSPS) is 15.9. The van der Waals surface area contributed by atoms with Gasteiger partial charge in [0.2, 0.25) is 11.7 Å². The lowest BCUT2D eigenvalue weighted by Gasteiger charge is -2.35. The number of rotatable bonds is 5. The molecule has 5 rings (SSSR count). The van der Waals surface area contributed by atoms with E-state index < -0.39 is 47.3 Å². The number of hydrogen-bond acceptors (Lipinski definition) is 7. The van der Waals surface area contributed by atoms with E-state index in [0.29, 0.717) is 38.4 Å². The molecule has 15 heteroatoms. The third kappa shape index (κ3) is 5.67. The molecule has 40 heavy (non-hydrogen) atoms. The van der Waals surface area contributed by atoms with Crippen molar-refractivity contribution in [2.75, 3.05) is 53.2 Å². The summed E-state index contributed by atoms with van der Waals surface area (Å²) in [7, 11) is 0. The average molecular weight is 561 g/mol. The van der Waals surface area contributed by atoms with Gasteiger partial charge >= 0.3 is 18.2 Å². The van der Waals surface area contributed by atoms with Crippen molar-refractivity contribution in [3.05, 3.63) is 59.9 Å². The number of carbonyl (C=O) groups is 3. The van der Waals surface area contributed by atoms with Gasteiger partial charge in [0, 0.05) is 39.1 Å². The molecule has 0 aliphatic carbocycles. The number of pyridine rings is 1. The number of anilines is 4. The van der Waals surface area contributed by atoms with E-state index in [0.717, 1.165) is 4.90 Å². The third-order valence-electron chi connectivity index (χ3n) is 6.41. The maximum Gasteiger partial charge on any atom is 0.437 e. The van der Waals surface area contributed by atoms with Gasteiger partial charge in [-0.2, -0.15) is 18.2 Å². The summed E-state index contributed by atoms with van der Waals surface area (Å²) in [4.78, 5) is 49.1. The highest BCUT2D eigenvalue weighted by Gasteiger charge is 2.43. The highest BCUT2D eigenvalue weighted by atomic mass is 19.4.